The van der Waals surface area contributed by atoms with E-state index in [9.17, 15) is 4.80 Å². The summed E-state index contributed by atoms with van der Waals surface area (Å²) in [6.07, 6.45) is 5.57. The summed E-state index contributed by atoms with van der Waals surface area (Å²) >= 11 is 0. The van der Waals surface area contributed by atoms with E-state index in [1.165, 1.54) is 12.8 Å². The number of rotatable bonds is 8. The van der Waals surface area contributed by atoms with Gasteiger partial charge < -0.3 is 9.53 Å². The van der Waals surface area contributed by atoms with E-state index in [2.05, 4.69) is 50.0 Å². The van der Waals surface area contributed by atoms with Gasteiger partial charge in [-0.1, -0.05) is 106 Å². The molecule has 0 aromatic heterocycles. The highest BCUT2D eigenvalue weighted by atomic mass is 28.4. The van der Waals surface area contributed by atoms with E-state index in [1.54, 1.807) is 7.11 Å². The van der Waals surface area contributed by atoms with Crippen molar-refractivity contribution in [1.82, 2.24) is 0 Å². The van der Waals surface area contributed by atoms with Gasteiger partial charge in [0.25, 0.3) is 8.32 Å². The molecule has 3 aromatic rings. The van der Waals surface area contributed by atoms with Gasteiger partial charge in [0.2, 0.25) is 0 Å². The van der Waals surface area contributed by atoms with Crippen molar-refractivity contribution in [2.24, 2.45) is 0 Å². The molecule has 0 bridgehead atoms. The van der Waals surface area contributed by atoms with E-state index < -0.39 is 8.32 Å². The maximum absolute atomic E-state index is 11.2. The van der Waals surface area contributed by atoms with Crippen molar-refractivity contribution in [3.05, 3.63) is 90.5 Å². The quantitative estimate of drug-likeness (QED) is 0.271. The first kappa shape index (κ1) is 25.5. The minimum Gasteiger partial charge on any atom is -0.497 e. The maximum atomic E-state index is 11.2. The van der Waals surface area contributed by atoms with Crippen LogP contribution in [0.4, 0.5) is 0 Å². The molecule has 0 atom stereocenters. The normalized spacial score (nSPS) is 10.4. The molecule has 168 valence electrons. The van der Waals surface area contributed by atoms with E-state index in [4.69, 9.17) is 4.74 Å². The molecule has 0 heterocycles. The summed E-state index contributed by atoms with van der Waals surface area (Å²) in [5.74, 6) is 7.15. The minimum atomic E-state index is -2.52. The molecule has 0 aliphatic carbocycles. The van der Waals surface area contributed by atoms with Crippen molar-refractivity contribution in [2.75, 3.05) is 7.11 Å². The van der Waals surface area contributed by atoms with Crippen molar-refractivity contribution < 1.29 is 9.53 Å². The van der Waals surface area contributed by atoms with Crippen LogP contribution in [0.15, 0.2) is 84.9 Å². The molecule has 0 unspecified atom stereocenters. The molecule has 32 heavy (non-hydrogen) atoms. The van der Waals surface area contributed by atoms with Gasteiger partial charge in [0.05, 0.1) is 7.11 Å². The van der Waals surface area contributed by atoms with Crippen molar-refractivity contribution in [3.63, 3.8) is 0 Å². The second-order valence-electron chi connectivity index (χ2n) is 7.83. The molecule has 0 amide bonds. The first-order valence-corrected chi connectivity index (χ1v) is 13.8. The van der Waals surface area contributed by atoms with Gasteiger partial charge in [-0.2, -0.15) is 0 Å². The maximum Gasteiger partial charge on any atom is 0.252 e. The predicted molar refractivity (Wildman–Crippen MR) is 139 cm³/mol. The third kappa shape index (κ3) is 8.03. The van der Waals surface area contributed by atoms with Crippen LogP contribution in [0.3, 0.4) is 0 Å². The first-order chi connectivity index (χ1) is 15.6. The lowest BCUT2D eigenvalue weighted by atomic mass is 10.2. The topological polar surface area (TPSA) is 29.5 Å². The number of hydrogen-bond acceptors (Lipinski definition) is 2. The second-order valence-corrected chi connectivity index (χ2v) is 11.2. The number of ether oxygens (including phenoxy) is 1. The molecule has 3 heteroatoms. The van der Waals surface area contributed by atoms with Crippen LogP contribution in [0, 0.1) is 11.8 Å². The monoisotopic (exact) mass is 444 g/mol. The van der Waals surface area contributed by atoms with Gasteiger partial charge in [0.15, 0.2) is 0 Å². The lowest BCUT2D eigenvalue weighted by Crippen LogP contribution is -2.58. The number of hydrogen-bond donors (Lipinski definition) is 1. The Morgan fingerprint density at radius 3 is 1.75 bits per heavy atom. The zero-order chi connectivity index (χ0) is 23.1. The Labute approximate surface area is 195 Å². The molecule has 0 spiro atoms. The molecule has 3 aromatic carbocycles. The Balaban J connectivity index is 0.000000235. The summed E-state index contributed by atoms with van der Waals surface area (Å²) in [6.45, 7) is 4.35. The smallest absolute Gasteiger partial charge is 0.252 e. The SMILES string of the molecule is CCCCC#Cc1ccc(OC)cc1.CCCC[Si](O)(c1ccccc1)c1ccccc1. The van der Waals surface area contributed by atoms with E-state index in [0.29, 0.717) is 0 Å². The van der Waals surface area contributed by atoms with Crippen LogP contribution in [0.1, 0.15) is 51.5 Å². The van der Waals surface area contributed by atoms with Gasteiger partial charge in [0.1, 0.15) is 5.75 Å². The summed E-state index contributed by atoms with van der Waals surface area (Å²) in [6, 6.07) is 29.1. The van der Waals surface area contributed by atoms with Gasteiger partial charge in [-0.15, -0.1) is 0 Å². The van der Waals surface area contributed by atoms with E-state index in [-0.39, 0.29) is 0 Å². The lowest BCUT2D eigenvalue weighted by Gasteiger charge is -2.26. The van der Waals surface area contributed by atoms with E-state index >= 15 is 0 Å². The largest absolute Gasteiger partial charge is 0.497 e. The van der Waals surface area contributed by atoms with Crippen LogP contribution in [-0.2, 0) is 0 Å². The fraction of sp³-hybridized carbons (Fsp3) is 0.310. The Hall–Kier alpha value is -2.80. The van der Waals surface area contributed by atoms with Crippen LogP contribution < -0.4 is 15.1 Å². The molecule has 0 fully saturated rings. The summed E-state index contributed by atoms with van der Waals surface area (Å²) < 4.78 is 5.06. The third-order valence-corrected chi connectivity index (χ3v) is 9.03. The zero-order valence-electron chi connectivity index (χ0n) is 19.7. The van der Waals surface area contributed by atoms with Gasteiger partial charge in [-0.05, 0) is 47.1 Å². The van der Waals surface area contributed by atoms with Gasteiger partial charge in [-0.3, -0.25) is 0 Å². The molecule has 0 aliphatic rings. The van der Waals surface area contributed by atoms with Crippen LogP contribution >= 0.6 is 0 Å². The molecule has 0 saturated carbocycles. The van der Waals surface area contributed by atoms with Crippen LogP contribution in [0.5, 0.6) is 5.75 Å². The Kier molecular flexibility index (Phi) is 11.4. The van der Waals surface area contributed by atoms with Crippen LogP contribution in [-0.4, -0.2) is 20.2 Å². The highest BCUT2D eigenvalue weighted by Crippen LogP contribution is 2.12. The van der Waals surface area contributed by atoms with Gasteiger partial charge in [0, 0.05) is 12.0 Å². The molecule has 1 N–H and O–H groups in total. The molecule has 0 aliphatic heterocycles. The summed E-state index contributed by atoms with van der Waals surface area (Å²) in [5, 5.41) is 2.23. The highest BCUT2D eigenvalue weighted by Gasteiger charge is 2.34. The van der Waals surface area contributed by atoms with Crippen molar-refractivity contribution in [3.8, 4) is 17.6 Å². The fourth-order valence-electron chi connectivity index (χ4n) is 3.42. The van der Waals surface area contributed by atoms with Crippen molar-refractivity contribution in [1.29, 1.82) is 0 Å². The first-order valence-electron chi connectivity index (χ1n) is 11.6. The predicted octanol–water partition coefficient (Wildman–Crippen LogP) is 5.78. The summed E-state index contributed by atoms with van der Waals surface area (Å²) in [4.78, 5) is 11.2. The Morgan fingerprint density at radius 2 is 1.28 bits per heavy atom. The standard InChI is InChI=1S/C16H20OSi.C13H16O/c1-2-3-14-18(17,15-10-6-4-7-11-15)16-12-8-5-9-13-16;1-3-4-5-6-7-12-8-10-13(14-2)11-9-12/h4-13,17H,2-3,14H2,1H3;8-11H,3-5H2,1-2H3. The Morgan fingerprint density at radius 1 is 0.750 bits per heavy atom. The molecular weight excluding hydrogens is 408 g/mol. The average Bonchev–Trinajstić information content (AvgIpc) is 2.87. The van der Waals surface area contributed by atoms with Crippen molar-refractivity contribution >= 4 is 18.7 Å². The molecule has 3 rings (SSSR count). The zero-order valence-corrected chi connectivity index (χ0v) is 20.7. The lowest BCUT2D eigenvalue weighted by molar-refractivity contribution is 0.415. The molecule has 2 nitrogen and oxygen atoms in total. The van der Waals surface area contributed by atoms with E-state index in [1.807, 2.05) is 60.7 Å². The molecular formula is C29H36O2Si. The van der Waals surface area contributed by atoms with Gasteiger partial charge >= 0.3 is 0 Å². The average molecular weight is 445 g/mol. The molecule has 0 saturated heterocycles. The fourth-order valence-corrected chi connectivity index (χ4v) is 6.68. The number of benzene rings is 3. The summed E-state index contributed by atoms with van der Waals surface area (Å²) in [5.41, 5.74) is 1.06. The Bertz CT molecular complexity index is 902. The molecule has 0 radical (unpaired) electrons. The minimum absolute atomic E-state index is 0.879. The number of unbranched alkanes of at least 4 members (excludes halogenated alkanes) is 3. The number of methoxy groups -OCH3 is 1. The van der Waals surface area contributed by atoms with Gasteiger partial charge in [-0.25, -0.2) is 0 Å². The van der Waals surface area contributed by atoms with E-state index in [0.717, 1.165) is 47.0 Å². The van der Waals surface area contributed by atoms with Crippen LogP contribution in [0.25, 0.3) is 0 Å². The summed E-state index contributed by atoms with van der Waals surface area (Å²) in [7, 11) is -0.854. The highest BCUT2D eigenvalue weighted by molar-refractivity contribution is 6.96. The third-order valence-electron chi connectivity index (χ3n) is 5.37. The van der Waals surface area contributed by atoms with Crippen LogP contribution in [0.2, 0.25) is 6.04 Å². The second kappa shape index (κ2) is 14.3. The van der Waals surface area contributed by atoms with Crippen molar-refractivity contribution in [2.45, 2.75) is 52.0 Å².